The minimum Gasteiger partial charge on any atom is -0.497 e. The van der Waals surface area contributed by atoms with E-state index >= 15 is 0 Å². The average Bonchev–Trinajstić information content (AvgIpc) is 3.06. The van der Waals surface area contributed by atoms with Crippen molar-refractivity contribution in [2.75, 3.05) is 18.7 Å². The lowest BCUT2D eigenvalue weighted by atomic mass is 10.2. The molecule has 140 valence electrons. The summed E-state index contributed by atoms with van der Waals surface area (Å²) >= 11 is 7.29. The zero-order chi connectivity index (χ0) is 19.2. The van der Waals surface area contributed by atoms with Crippen molar-refractivity contribution in [3.05, 3.63) is 59.1 Å². The van der Waals surface area contributed by atoms with Gasteiger partial charge in [-0.25, -0.2) is 4.68 Å². The van der Waals surface area contributed by atoms with E-state index in [9.17, 15) is 4.79 Å². The summed E-state index contributed by atoms with van der Waals surface area (Å²) in [5, 5.41) is 12.1. The number of carbonyl (C=O) groups excluding carboxylic acids is 1. The third kappa shape index (κ3) is 4.72. The number of carbonyl (C=O) groups is 1. The molecule has 0 atom stereocenters. The molecule has 1 aromatic heterocycles. The van der Waals surface area contributed by atoms with Crippen molar-refractivity contribution in [2.45, 2.75) is 11.7 Å². The second-order valence-corrected chi connectivity index (χ2v) is 6.91. The molecule has 0 aliphatic carbocycles. The number of halogens is 1. The van der Waals surface area contributed by atoms with Crippen molar-refractivity contribution < 1.29 is 9.53 Å². The first-order chi connectivity index (χ1) is 13.1. The second kappa shape index (κ2) is 8.79. The maximum absolute atomic E-state index is 12.1. The van der Waals surface area contributed by atoms with Crippen molar-refractivity contribution in [1.29, 1.82) is 0 Å². The predicted molar refractivity (Wildman–Crippen MR) is 106 cm³/mol. The fourth-order valence-electron chi connectivity index (χ4n) is 2.33. The number of nitrogens with zero attached hydrogens (tertiary/aromatic N) is 3. The summed E-state index contributed by atoms with van der Waals surface area (Å²) in [5.74, 6) is 7.34. The van der Waals surface area contributed by atoms with E-state index in [1.165, 1.54) is 16.4 Å². The third-order valence-electron chi connectivity index (χ3n) is 3.78. The SMILES string of the molecule is COc1ccc(-c2nnc(SCC(=O)NCc3ccccc3Cl)n2N)cc1. The van der Waals surface area contributed by atoms with Crippen LogP contribution in [0.3, 0.4) is 0 Å². The molecule has 0 saturated heterocycles. The fraction of sp³-hybridized carbons (Fsp3) is 0.167. The first-order valence-corrected chi connectivity index (χ1v) is 9.42. The minimum absolute atomic E-state index is 0.145. The highest BCUT2D eigenvalue weighted by Gasteiger charge is 2.14. The van der Waals surface area contributed by atoms with Gasteiger partial charge in [-0.05, 0) is 35.9 Å². The maximum atomic E-state index is 12.1. The van der Waals surface area contributed by atoms with Crippen LogP contribution in [-0.2, 0) is 11.3 Å². The summed E-state index contributed by atoms with van der Waals surface area (Å²) in [6, 6.07) is 14.7. The lowest BCUT2D eigenvalue weighted by molar-refractivity contribution is -0.118. The van der Waals surface area contributed by atoms with E-state index in [1.807, 2.05) is 42.5 Å². The van der Waals surface area contributed by atoms with E-state index < -0.39 is 0 Å². The Labute approximate surface area is 165 Å². The summed E-state index contributed by atoms with van der Waals surface area (Å²) in [4.78, 5) is 12.1. The van der Waals surface area contributed by atoms with Crippen LogP contribution in [0.5, 0.6) is 5.75 Å². The third-order valence-corrected chi connectivity index (χ3v) is 5.09. The highest BCUT2D eigenvalue weighted by Crippen LogP contribution is 2.23. The van der Waals surface area contributed by atoms with Crippen LogP contribution in [0.15, 0.2) is 53.7 Å². The lowest BCUT2D eigenvalue weighted by Crippen LogP contribution is -2.25. The summed E-state index contributed by atoms with van der Waals surface area (Å²) < 4.78 is 6.51. The molecule has 0 bridgehead atoms. The van der Waals surface area contributed by atoms with Gasteiger partial charge in [0.05, 0.1) is 12.9 Å². The number of benzene rings is 2. The minimum atomic E-state index is -0.145. The van der Waals surface area contributed by atoms with Gasteiger partial charge in [0.15, 0.2) is 5.82 Å². The van der Waals surface area contributed by atoms with Crippen LogP contribution < -0.4 is 15.9 Å². The zero-order valence-electron chi connectivity index (χ0n) is 14.6. The quantitative estimate of drug-likeness (QED) is 0.465. The van der Waals surface area contributed by atoms with E-state index in [0.717, 1.165) is 16.9 Å². The molecule has 3 aromatic rings. The predicted octanol–water partition coefficient (Wildman–Crippen LogP) is 2.73. The molecule has 0 fully saturated rings. The van der Waals surface area contributed by atoms with Gasteiger partial charge in [0.2, 0.25) is 11.1 Å². The topological polar surface area (TPSA) is 95.1 Å². The molecule has 9 heteroatoms. The second-order valence-electron chi connectivity index (χ2n) is 5.56. The molecule has 0 spiro atoms. The molecule has 7 nitrogen and oxygen atoms in total. The average molecular weight is 404 g/mol. The Morgan fingerprint density at radius 3 is 2.67 bits per heavy atom. The van der Waals surface area contributed by atoms with E-state index in [1.54, 1.807) is 13.2 Å². The molecule has 0 radical (unpaired) electrons. The number of ether oxygens (including phenoxy) is 1. The Balaban J connectivity index is 1.57. The molecule has 0 aliphatic rings. The number of nitrogen functional groups attached to an aromatic ring is 1. The molecule has 1 heterocycles. The van der Waals surface area contributed by atoms with Crippen LogP contribution >= 0.6 is 23.4 Å². The zero-order valence-corrected chi connectivity index (χ0v) is 16.1. The van der Waals surface area contributed by atoms with Crippen LogP contribution in [0.25, 0.3) is 11.4 Å². The molecule has 1 amide bonds. The van der Waals surface area contributed by atoms with Crippen molar-refractivity contribution in [3.8, 4) is 17.1 Å². The van der Waals surface area contributed by atoms with E-state index in [2.05, 4.69) is 15.5 Å². The number of nitrogens with two attached hydrogens (primary N) is 1. The molecular weight excluding hydrogens is 386 g/mol. The molecule has 0 aliphatic heterocycles. The molecule has 3 rings (SSSR count). The number of hydrogen-bond acceptors (Lipinski definition) is 6. The van der Waals surface area contributed by atoms with Gasteiger partial charge in [-0.3, -0.25) is 4.79 Å². The number of rotatable bonds is 7. The van der Waals surface area contributed by atoms with Crippen molar-refractivity contribution in [1.82, 2.24) is 20.2 Å². The van der Waals surface area contributed by atoms with Gasteiger partial charge in [-0.2, -0.15) is 0 Å². The van der Waals surface area contributed by atoms with Gasteiger partial charge in [0, 0.05) is 17.1 Å². The summed E-state index contributed by atoms with van der Waals surface area (Å²) in [6.45, 7) is 0.367. The van der Waals surface area contributed by atoms with E-state index in [4.69, 9.17) is 22.2 Å². The largest absolute Gasteiger partial charge is 0.497 e. The van der Waals surface area contributed by atoms with Crippen molar-refractivity contribution >= 4 is 29.3 Å². The van der Waals surface area contributed by atoms with Crippen molar-refractivity contribution in [3.63, 3.8) is 0 Å². The summed E-state index contributed by atoms with van der Waals surface area (Å²) in [6.07, 6.45) is 0. The van der Waals surface area contributed by atoms with Crippen molar-refractivity contribution in [2.24, 2.45) is 0 Å². The Hall–Kier alpha value is -2.71. The number of thioether (sulfide) groups is 1. The van der Waals surface area contributed by atoms with Gasteiger partial charge in [0.25, 0.3) is 0 Å². The summed E-state index contributed by atoms with van der Waals surface area (Å²) in [5.41, 5.74) is 1.67. The molecule has 0 unspecified atom stereocenters. The van der Waals surface area contributed by atoms with Gasteiger partial charge in [-0.15, -0.1) is 10.2 Å². The van der Waals surface area contributed by atoms with Crippen LogP contribution in [-0.4, -0.2) is 33.6 Å². The number of methoxy groups -OCH3 is 1. The summed E-state index contributed by atoms with van der Waals surface area (Å²) in [7, 11) is 1.60. The molecule has 0 saturated carbocycles. The fourth-order valence-corrected chi connectivity index (χ4v) is 3.22. The first-order valence-electron chi connectivity index (χ1n) is 8.06. The molecule has 27 heavy (non-hydrogen) atoms. The smallest absolute Gasteiger partial charge is 0.230 e. The Bertz CT molecular complexity index is 930. The highest BCUT2D eigenvalue weighted by molar-refractivity contribution is 7.99. The first kappa shape index (κ1) is 19.1. The van der Waals surface area contributed by atoms with Crippen LogP contribution in [0.1, 0.15) is 5.56 Å². The van der Waals surface area contributed by atoms with Gasteiger partial charge >= 0.3 is 0 Å². The maximum Gasteiger partial charge on any atom is 0.230 e. The van der Waals surface area contributed by atoms with Crippen LogP contribution in [0.4, 0.5) is 0 Å². The number of aromatic nitrogens is 3. The standard InChI is InChI=1S/C18H18ClN5O2S/c1-26-14-8-6-12(7-9-14)17-22-23-18(24(17)20)27-11-16(25)21-10-13-4-2-3-5-15(13)19/h2-9H,10-11,20H2,1H3,(H,21,25). The number of nitrogens with one attached hydrogen (secondary N) is 1. The van der Waals surface area contributed by atoms with Crippen LogP contribution in [0.2, 0.25) is 5.02 Å². The van der Waals surface area contributed by atoms with E-state index in [0.29, 0.717) is 22.5 Å². The molecule has 2 aromatic carbocycles. The Kier molecular flexibility index (Phi) is 6.20. The monoisotopic (exact) mass is 403 g/mol. The molecular formula is C18H18ClN5O2S. The Morgan fingerprint density at radius 1 is 1.22 bits per heavy atom. The van der Waals surface area contributed by atoms with Gasteiger partial charge in [0.1, 0.15) is 5.75 Å². The Morgan fingerprint density at radius 2 is 1.96 bits per heavy atom. The molecule has 3 N–H and O–H groups in total. The number of amides is 1. The normalized spacial score (nSPS) is 10.6. The highest BCUT2D eigenvalue weighted by atomic mass is 35.5. The van der Waals surface area contributed by atoms with Crippen LogP contribution in [0, 0.1) is 0 Å². The van der Waals surface area contributed by atoms with Gasteiger partial charge < -0.3 is 15.9 Å². The number of hydrogen-bond donors (Lipinski definition) is 2. The van der Waals surface area contributed by atoms with E-state index in [-0.39, 0.29) is 11.7 Å². The lowest BCUT2D eigenvalue weighted by Gasteiger charge is -2.07. The van der Waals surface area contributed by atoms with Gasteiger partial charge in [-0.1, -0.05) is 41.6 Å².